The second-order valence-electron chi connectivity index (χ2n) is 5.28. The minimum atomic E-state index is 0.218. The highest BCUT2D eigenvalue weighted by atomic mass is 15.3. The Morgan fingerprint density at radius 2 is 1.85 bits per heavy atom. The van der Waals surface area contributed by atoms with Gasteiger partial charge in [0.25, 0.3) is 0 Å². The van der Waals surface area contributed by atoms with E-state index < -0.39 is 0 Å². The lowest BCUT2D eigenvalue weighted by Gasteiger charge is -2.23. The molecule has 0 aliphatic rings. The number of nitrogens with zero attached hydrogens (tertiary/aromatic N) is 2. The van der Waals surface area contributed by atoms with Crippen LogP contribution in [0.4, 0.5) is 0 Å². The van der Waals surface area contributed by atoms with Crippen molar-refractivity contribution in [1.29, 1.82) is 0 Å². The molecule has 108 valence electrons. The van der Waals surface area contributed by atoms with Gasteiger partial charge in [0.05, 0.1) is 11.7 Å². The van der Waals surface area contributed by atoms with Crippen LogP contribution in [0.15, 0.2) is 30.5 Å². The van der Waals surface area contributed by atoms with E-state index in [2.05, 4.69) is 67.1 Å². The second-order valence-corrected chi connectivity index (χ2v) is 5.28. The molecule has 2 rings (SSSR count). The van der Waals surface area contributed by atoms with Crippen molar-refractivity contribution in [3.05, 3.63) is 52.8 Å². The van der Waals surface area contributed by atoms with Gasteiger partial charge in [0.15, 0.2) is 0 Å². The minimum Gasteiger partial charge on any atom is -0.305 e. The number of hydrogen-bond donors (Lipinski definition) is 1. The zero-order valence-electron chi connectivity index (χ0n) is 13.0. The summed E-state index contributed by atoms with van der Waals surface area (Å²) in [6.07, 6.45) is 3.00. The van der Waals surface area contributed by atoms with Crippen LogP contribution >= 0.6 is 0 Å². The number of rotatable bonds is 6. The third-order valence-electron chi connectivity index (χ3n) is 3.72. The molecular formula is C17H25N3. The first-order valence-electron chi connectivity index (χ1n) is 7.50. The molecule has 0 aliphatic heterocycles. The first-order valence-corrected chi connectivity index (χ1v) is 7.50. The maximum atomic E-state index is 4.47. The third-order valence-corrected chi connectivity index (χ3v) is 3.72. The molecule has 1 aromatic heterocycles. The standard InChI is InChI=1S/C17H25N3/c1-5-12-20-15(10-11-19-20)17(18-6-2)16-13(3)8-7-9-14(16)4/h7-11,17-18H,5-6,12H2,1-4H3. The van der Waals surface area contributed by atoms with Crippen molar-refractivity contribution in [1.82, 2.24) is 15.1 Å². The summed E-state index contributed by atoms with van der Waals surface area (Å²) >= 11 is 0. The van der Waals surface area contributed by atoms with Crippen molar-refractivity contribution in [3.8, 4) is 0 Å². The van der Waals surface area contributed by atoms with Gasteiger partial charge in [0, 0.05) is 12.7 Å². The summed E-state index contributed by atoms with van der Waals surface area (Å²) in [5.74, 6) is 0. The van der Waals surface area contributed by atoms with Crippen molar-refractivity contribution in [2.24, 2.45) is 0 Å². The Hall–Kier alpha value is -1.61. The summed E-state index contributed by atoms with van der Waals surface area (Å²) < 4.78 is 2.12. The van der Waals surface area contributed by atoms with Crippen molar-refractivity contribution in [2.45, 2.75) is 46.7 Å². The summed E-state index contributed by atoms with van der Waals surface area (Å²) in [5.41, 5.74) is 5.30. The number of benzene rings is 1. The number of aryl methyl sites for hydroxylation is 3. The van der Waals surface area contributed by atoms with E-state index in [1.165, 1.54) is 22.4 Å². The van der Waals surface area contributed by atoms with E-state index in [1.807, 2.05) is 6.20 Å². The first-order chi connectivity index (χ1) is 9.69. The highest BCUT2D eigenvalue weighted by molar-refractivity contribution is 5.40. The van der Waals surface area contributed by atoms with Crippen LogP contribution in [0, 0.1) is 13.8 Å². The minimum absolute atomic E-state index is 0.218. The second kappa shape index (κ2) is 6.71. The highest BCUT2D eigenvalue weighted by Gasteiger charge is 2.20. The maximum absolute atomic E-state index is 4.47. The Kier molecular flexibility index (Phi) is 4.96. The van der Waals surface area contributed by atoms with Gasteiger partial charge in [-0.15, -0.1) is 0 Å². The van der Waals surface area contributed by atoms with Crippen molar-refractivity contribution >= 4 is 0 Å². The normalized spacial score (nSPS) is 12.6. The molecule has 1 unspecified atom stereocenters. The Labute approximate surface area is 122 Å². The maximum Gasteiger partial charge on any atom is 0.0753 e. The molecule has 0 saturated carbocycles. The average molecular weight is 271 g/mol. The van der Waals surface area contributed by atoms with Gasteiger partial charge < -0.3 is 5.32 Å². The topological polar surface area (TPSA) is 29.9 Å². The van der Waals surface area contributed by atoms with Crippen LogP contribution in [-0.4, -0.2) is 16.3 Å². The Balaban J connectivity index is 2.48. The van der Waals surface area contributed by atoms with E-state index >= 15 is 0 Å². The lowest BCUT2D eigenvalue weighted by molar-refractivity contribution is 0.518. The lowest BCUT2D eigenvalue weighted by Crippen LogP contribution is -2.26. The van der Waals surface area contributed by atoms with Gasteiger partial charge in [-0.1, -0.05) is 32.0 Å². The molecule has 0 fully saturated rings. The zero-order chi connectivity index (χ0) is 14.5. The van der Waals surface area contributed by atoms with Gasteiger partial charge in [0.2, 0.25) is 0 Å². The van der Waals surface area contributed by atoms with Crippen LogP contribution in [0.2, 0.25) is 0 Å². The Bertz CT molecular complexity index is 537. The number of aromatic nitrogens is 2. The van der Waals surface area contributed by atoms with E-state index in [1.54, 1.807) is 0 Å². The third kappa shape index (κ3) is 2.93. The molecule has 0 radical (unpaired) electrons. The molecule has 3 heteroatoms. The Morgan fingerprint density at radius 3 is 2.45 bits per heavy atom. The zero-order valence-corrected chi connectivity index (χ0v) is 13.0. The van der Waals surface area contributed by atoms with Crippen LogP contribution in [0.3, 0.4) is 0 Å². The predicted molar refractivity (Wildman–Crippen MR) is 84.0 cm³/mol. The summed E-state index contributed by atoms with van der Waals surface area (Å²) in [6.45, 7) is 10.6. The molecule has 0 amide bonds. The molecule has 1 heterocycles. The first kappa shape index (κ1) is 14.8. The smallest absolute Gasteiger partial charge is 0.0753 e. The predicted octanol–water partition coefficient (Wildman–Crippen LogP) is 3.61. The fourth-order valence-corrected chi connectivity index (χ4v) is 2.83. The highest BCUT2D eigenvalue weighted by Crippen LogP contribution is 2.27. The lowest BCUT2D eigenvalue weighted by atomic mass is 9.94. The van der Waals surface area contributed by atoms with Gasteiger partial charge in [-0.05, 0) is 49.6 Å². The summed E-state index contributed by atoms with van der Waals surface area (Å²) in [6, 6.07) is 8.85. The van der Waals surface area contributed by atoms with Crippen molar-refractivity contribution < 1.29 is 0 Å². The van der Waals surface area contributed by atoms with Crippen LogP contribution < -0.4 is 5.32 Å². The van der Waals surface area contributed by atoms with Gasteiger partial charge in [-0.2, -0.15) is 5.10 Å². The van der Waals surface area contributed by atoms with E-state index in [0.29, 0.717) is 0 Å². The molecule has 0 bridgehead atoms. The molecule has 1 N–H and O–H groups in total. The molecule has 20 heavy (non-hydrogen) atoms. The molecule has 1 atom stereocenters. The number of nitrogens with one attached hydrogen (secondary N) is 1. The van der Waals surface area contributed by atoms with Crippen LogP contribution in [-0.2, 0) is 6.54 Å². The molecule has 0 spiro atoms. The monoisotopic (exact) mass is 271 g/mol. The molecule has 0 aliphatic carbocycles. The fraction of sp³-hybridized carbons (Fsp3) is 0.471. The number of hydrogen-bond acceptors (Lipinski definition) is 2. The summed E-state index contributed by atoms with van der Waals surface area (Å²) in [7, 11) is 0. The largest absolute Gasteiger partial charge is 0.305 e. The molecule has 1 aromatic carbocycles. The molecule has 2 aromatic rings. The van der Waals surface area contributed by atoms with E-state index in [0.717, 1.165) is 19.5 Å². The molecular weight excluding hydrogens is 246 g/mol. The average Bonchev–Trinajstić information content (AvgIpc) is 2.86. The summed E-state index contributed by atoms with van der Waals surface area (Å²) in [5, 5.41) is 8.09. The quantitative estimate of drug-likeness (QED) is 0.870. The van der Waals surface area contributed by atoms with Crippen LogP contribution in [0.5, 0.6) is 0 Å². The van der Waals surface area contributed by atoms with Crippen LogP contribution in [0.25, 0.3) is 0 Å². The Morgan fingerprint density at radius 1 is 1.15 bits per heavy atom. The van der Waals surface area contributed by atoms with Crippen molar-refractivity contribution in [3.63, 3.8) is 0 Å². The van der Waals surface area contributed by atoms with E-state index in [-0.39, 0.29) is 6.04 Å². The van der Waals surface area contributed by atoms with Crippen molar-refractivity contribution in [2.75, 3.05) is 6.54 Å². The SMILES string of the molecule is CCCn1nccc1C(NCC)c1c(C)cccc1C. The molecule has 3 nitrogen and oxygen atoms in total. The van der Waals surface area contributed by atoms with Crippen LogP contribution in [0.1, 0.15) is 48.7 Å². The van der Waals surface area contributed by atoms with E-state index in [9.17, 15) is 0 Å². The van der Waals surface area contributed by atoms with Gasteiger partial charge in [-0.25, -0.2) is 0 Å². The van der Waals surface area contributed by atoms with Gasteiger partial charge >= 0.3 is 0 Å². The van der Waals surface area contributed by atoms with E-state index in [4.69, 9.17) is 0 Å². The fourth-order valence-electron chi connectivity index (χ4n) is 2.83. The van der Waals surface area contributed by atoms with Gasteiger partial charge in [0.1, 0.15) is 0 Å². The molecule has 0 saturated heterocycles. The van der Waals surface area contributed by atoms with Gasteiger partial charge in [-0.3, -0.25) is 4.68 Å². The summed E-state index contributed by atoms with van der Waals surface area (Å²) in [4.78, 5) is 0.